The maximum absolute atomic E-state index is 12.1. The van der Waals surface area contributed by atoms with Gasteiger partial charge in [-0.05, 0) is 36.4 Å². The van der Waals surface area contributed by atoms with E-state index >= 15 is 0 Å². The molecule has 0 radical (unpaired) electrons. The van der Waals surface area contributed by atoms with Crippen LogP contribution in [-0.4, -0.2) is 32.7 Å². The van der Waals surface area contributed by atoms with Crippen molar-refractivity contribution < 1.29 is 14.3 Å². The van der Waals surface area contributed by atoms with Gasteiger partial charge in [-0.25, -0.2) is 20.2 Å². The summed E-state index contributed by atoms with van der Waals surface area (Å²) in [6.07, 6.45) is -1.00. The normalized spacial score (nSPS) is 14.8. The van der Waals surface area contributed by atoms with Gasteiger partial charge in [0.25, 0.3) is 0 Å². The standard InChI is InChI=1S/C22H20N8O3/c1-29-20(26-27-28-29)30-18-12-6-5-11-17(18)24-21(30)32-14-15-8-7-13-19(23-15)25-22(31)33-16-9-3-2-4-10-16/h2-13,20H,14H2,1H3,(H,26,28)(H,23,25,31). The first-order valence-corrected chi connectivity index (χ1v) is 10.2. The Balaban J connectivity index is 1.30. The molecule has 2 N–H and O–H groups in total. The lowest BCUT2D eigenvalue weighted by atomic mass is 10.3. The molecule has 5 rings (SSSR count). The summed E-state index contributed by atoms with van der Waals surface area (Å²) in [6, 6.07) is 22.1. The number of para-hydroxylation sites is 3. The molecule has 4 aromatic rings. The average molecular weight is 444 g/mol. The van der Waals surface area contributed by atoms with E-state index in [9.17, 15) is 4.79 Å². The monoisotopic (exact) mass is 444 g/mol. The van der Waals surface area contributed by atoms with Crippen molar-refractivity contribution in [2.45, 2.75) is 12.9 Å². The van der Waals surface area contributed by atoms with Crippen molar-refractivity contribution in [2.75, 3.05) is 12.4 Å². The van der Waals surface area contributed by atoms with Crippen LogP contribution >= 0.6 is 0 Å². The van der Waals surface area contributed by atoms with Crippen molar-refractivity contribution in [1.82, 2.24) is 25.0 Å². The summed E-state index contributed by atoms with van der Waals surface area (Å²) in [7, 11) is 1.80. The number of imidazole rings is 1. The molecule has 3 heterocycles. The van der Waals surface area contributed by atoms with Gasteiger partial charge in [0.1, 0.15) is 18.2 Å². The summed E-state index contributed by atoms with van der Waals surface area (Å²) in [4.78, 5) is 21.2. The third kappa shape index (κ3) is 4.37. The number of amides is 1. The molecule has 0 saturated heterocycles. The van der Waals surface area contributed by atoms with Crippen LogP contribution in [0.4, 0.5) is 10.6 Å². The minimum absolute atomic E-state index is 0.136. The lowest BCUT2D eigenvalue weighted by Gasteiger charge is -2.20. The Labute approximate surface area is 188 Å². The van der Waals surface area contributed by atoms with Crippen molar-refractivity contribution >= 4 is 22.9 Å². The first-order chi connectivity index (χ1) is 16.2. The Morgan fingerprint density at radius 2 is 1.85 bits per heavy atom. The quantitative estimate of drug-likeness (QED) is 0.463. The number of hydrogen-bond donors (Lipinski definition) is 2. The molecule has 1 aliphatic rings. The smallest absolute Gasteiger partial charge is 0.418 e. The highest BCUT2D eigenvalue weighted by Gasteiger charge is 2.26. The number of nitrogens with zero attached hydrogens (tertiary/aromatic N) is 6. The molecule has 0 spiro atoms. The number of rotatable bonds is 6. The van der Waals surface area contributed by atoms with Crippen molar-refractivity contribution in [3.63, 3.8) is 0 Å². The fourth-order valence-corrected chi connectivity index (χ4v) is 3.36. The molecule has 11 nitrogen and oxygen atoms in total. The molecular formula is C22H20N8O3. The Kier molecular flexibility index (Phi) is 5.42. The van der Waals surface area contributed by atoms with Crippen LogP contribution in [0.2, 0.25) is 0 Å². The Morgan fingerprint density at radius 1 is 1.03 bits per heavy atom. The number of ether oxygens (including phenoxy) is 2. The molecule has 0 bridgehead atoms. The van der Waals surface area contributed by atoms with E-state index < -0.39 is 6.09 Å². The topological polar surface area (TPSA) is 118 Å². The number of fused-ring (bicyclic) bond motifs is 1. The number of carbonyl (C=O) groups excluding carboxylic acids is 1. The minimum atomic E-state index is -0.628. The van der Waals surface area contributed by atoms with Gasteiger partial charge >= 0.3 is 12.1 Å². The second-order valence-electron chi connectivity index (χ2n) is 7.15. The maximum atomic E-state index is 12.1. The molecule has 1 amide bonds. The number of benzene rings is 2. The van der Waals surface area contributed by atoms with Crippen molar-refractivity contribution in [1.29, 1.82) is 0 Å². The van der Waals surface area contributed by atoms with E-state index in [0.717, 1.165) is 11.0 Å². The van der Waals surface area contributed by atoms with Gasteiger partial charge in [0.15, 0.2) is 0 Å². The fourth-order valence-electron chi connectivity index (χ4n) is 3.36. The fraction of sp³-hybridized carbons (Fsp3) is 0.136. The summed E-state index contributed by atoms with van der Waals surface area (Å²) >= 11 is 0. The third-order valence-electron chi connectivity index (χ3n) is 4.86. The maximum Gasteiger partial charge on any atom is 0.418 e. The number of anilines is 1. The highest BCUT2D eigenvalue weighted by atomic mass is 16.6. The SMILES string of the molecule is CN1N=NNC1n1c(OCc2cccc(NC(=O)Oc3ccccc3)n2)nc2ccccc21. The summed E-state index contributed by atoms with van der Waals surface area (Å²) in [5.74, 6) is 0.790. The van der Waals surface area contributed by atoms with E-state index in [4.69, 9.17) is 9.47 Å². The van der Waals surface area contributed by atoms with Crippen LogP contribution in [0.15, 0.2) is 83.2 Å². The number of hydrogen-bond acceptors (Lipinski definition) is 9. The Morgan fingerprint density at radius 3 is 2.67 bits per heavy atom. The molecule has 0 fully saturated rings. The summed E-state index contributed by atoms with van der Waals surface area (Å²) in [6.45, 7) is 0.136. The van der Waals surface area contributed by atoms with Gasteiger partial charge in [-0.3, -0.25) is 9.88 Å². The Bertz CT molecular complexity index is 1310. The summed E-state index contributed by atoms with van der Waals surface area (Å²) in [5, 5.41) is 12.1. The van der Waals surface area contributed by atoms with E-state index in [1.165, 1.54) is 0 Å². The van der Waals surface area contributed by atoms with E-state index in [-0.39, 0.29) is 12.9 Å². The molecule has 11 heteroatoms. The van der Waals surface area contributed by atoms with Crippen LogP contribution in [-0.2, 0) is 6.61 Å². The van der Waals surface area contributed by atoms with Crippen molar-refractivity contribution in [2.24, 2.45) is 10.4 Å². The van der Waals surface area contributed by atoms with E-state index in [0.29, 0.717) is 23.3 Å². The first-order valence-electron chi connectivity index (χ1n) is 10.2. The molecular weight excluding hydrogens is 424 g/mol. The van der Waals surface area contributed by atoms with Crippen LogP contribution in [0, 0.1) is 0 Å². The zero-order valence-electron chi connectivity index (χ0n) is 17.6. The molecule has 0 saturated carbocycles. The number of aromatic nitrogens is 3. The predicted octanol–water partition coefficient (Wildman–Crippen LogP) is 3.89. The van der Waals surface area contributed by atoms with E-state index in [1.807, 2.05) is 34.9 Å². The van der Waals surface area contributed by atoms with Gasteiger partial charge in [-0.15, -0.1) is 0 Å². The first kappa shape index (κ1) is 20.2. The molecule has 1 aliphatic heterocycles. The highest BCUT2D eigenvalue weighted by Crippen LogP contribution is 2.28. The van der Waals surface area contributed by atoms with Gasteiger partial charge in [0.05, 0.1) is 16.7 Å². The van der Waals surface area contributed by atoms with Gasteiger partial charge < -0.3 is 9.47 Å². The van der Waals surface area contributed by atoms with Gasteiger partial charge in [-0.1, -0.05) is 46.8 Å². The molecule has 1 atom stereocenters. The van der Waals surface area contributed by atoms with Gasteiger partial charge in [0, 0.05) is 7.05 Å². The summed E-state index contributed by atoms with van der Waals surface area (Å²) in [5.41, 5.74) is 5.20. The lowest BCUT2D eigenvalue weighted by Crippen LogP contribution is -2.29. The zero-order valence-corrected chi connectivity index (χ0v) is 17.6. The third-order valence-corrected chi connectivity index (χ3v) is 4.86. The summed E-state index contributed by atoms with van der Waals surface area (Å²) < 4.78 is 13.1. The number of nitrogens with one attached hydrogen (secondary N) is 2. The predicted molar refractivity (Wildman–Crippen MR) is 119 cm³/mol. The van der Waals surface area contributed by atoms with E-state index in [1.54, 1.807) is 54.5 Å². The molecule has 33 heavy (non-hydrogen) atoms. The van der Waals surface area contributed by atoms with Crippen LogP contribution in [0.25, 0.3) is 11.0 Å². The molecule has 2 aromatic heterocycles. The zero-order chi connectivity index (χ0) is 22.6. The second-order valence-corrected chi connectivity index (χ2v) is 7.15. The number of carbonyl (C=O) groups is 1. The molecule has 1 unspecified atom stereocenters. The van der Waals surface area contributed by atoms with Crippen LogP contribution in [0.3, 0.4) is 0 Å². The largest absolute Gasteiger partial charge is 0.458 e. The highest BCUT2D eigenvalue weighted by molar-refractivity contribution is 5.85. The van der Waals surface area contributed by atoms with Crippen LogP contribution in [0.1, 0.15) is 12.0 Å². The van der Waals surface area contributed by atoms with Crippen LogP contribution < -0.4 is 20.2 Å². The number of pyridine rings is 1. The van der Waals surface area contributed by atoms with E-state index in [2.05, 4.69) is 31.2 Å². The minimum Gasteiger partial charge on any atom is -0.458 e. The lowest BCUT2D eigenvalue weighted by molar-refractivity contribution is 0.167. The molecule has 0 aliphatic carbocycles. The molecule has 166 valence electrons. The Hall–Kier alpha value is -4.67. The average Bonchev–Trinajstić information content (AvgIpc) is 3.41. The van der Waals surface area contributed by atoms with Crippen molar-refractivity contribution in [3.05, 3.63) is 78.5 Å². The molecule has 2 aromatic carbocycles. The van der Waals surface area contributed by atoms with Gasteiger partial charge in [-0.2, -0.15) is 4.98 Å². The van der Waals surface area contributed by atoms with Crippen LogP contribution in [0.5, 0.6) is 11.8 Å². The van der Waals surface area contributed by atoms with Crippen molar-refractivity contribution in [3.8, 4) is 11.8 Å². The van der Waals surface area contributed by atoms with Gasteiger partial charge in [0.2, 0.25) is 6.29 Å². The second kappa shape index (κ2) is 8.83.